The fourth-order valence-corrected chi connectivity index (χ4v) is 3.22. The topological polar surface area (TPSA) is 86.6 Å². The molecule has 0 saturated carbocycles. The number of amides is 1. The Labute approximate surface area is 169 Å². The highest BCUT2D eigenvalue weighted by Crippen LogP contribution is 2.13. The van der Waals surface area contributed by atoms with Crippen molar-refractivity contribution in [3.05, 3.63) is 71.3 Å². The summed E-state index contributed by atoms with van der Waals surface area (Å²) < 4.78 is 0. The molecule has 0 bridgehead atoms. The standard InChI is InChI=1S/C22H23NO4S/c1-22(2,27)13-12-16-8-10-18(11-9-16)20(24)23-19(21(25)26)15-28-14-17-6-4-3-5-7-17/h3-11,19,27H,14-15H2,1-2H3,(H,23,24)(H,25,26). The number of benzene rings is 2. The predicted molar refractivity (Wildman–Crippen MR) is 111 cm³/mol. The summed E-state index contributed by atoms with van der Waals surface area (Å²) in [5.41, 5.74) is 1.02. The molecule has 2 rings (SSSR count). The molecule has 1 amide bonds. The van der Waals surface area contributed by atoms with E-state index < -0.39 is 23.5 Å². The van der Waals surface area contributed by atoms with Crippen molar-refractivity contribution in [1.29, 1.82) is 0 Å². The summed E-state index contributed by atoms with van der Waals surface area (Å²) in [6, 6.07) is 15.3. The van der Waals surface area contributed by atoms with Gasteiger partial charge in [-0.15, -0.1) is 0 Å². The predicted octanol–water partition coefficient (Wildman–Crippen LogP) is 2.93. The Kier molecular flexibility index (Phi) is 7.68. The molecule has 0 radical (unpaired) electrons. The van der Waals surface area contributed by atoms with Crippen molar-refractivity contribution in [2.75, 3.05) is 5.75 Å². The molecular weight excluding hydrogens is 374 g/mol. The lowest BCUT2D eigenvalue weighted by Crippen LogP contribution is -2.42. The summed E-state index contributed by atoms with van der Waals surface area (Å²) in [5, 5.41) is 21.6. The number of aliphatic carboxylic acids is 1. The van der Waals surface area contributed by atoms with Gasteiger partial charge in [-0.25, -0.2) is 4.79 Å². The van der Waals surface area contributed by atoms with Crippen LogP contribution >= 0.6 is 11.8 Å². The van der Waals surface area contributed by atoms with Gasteiger partial charge in [0, 0.05) is 22.6 Å². The van der Waals surface area contributed by atoms with Crippen LogP contribution in [0.5, 0.6) is 0 Å². The Morgan fingerprint density at radius 3 is 2.32 bits per heavy atom. The number of hydrogen-bond acceptors (Lipinski definition) is 4. The Bertz CT molecular complexity index is 861. The molecule has 0 aliphatic heterocycles. The number of nitrogens with one attached hydrogen (secondary N) is 1. The van der Waals surface area contributed by atoms with Crippen LogP contribution in [0.4, 0.5) is 0 Å². The summed E-state index contributed by atoms with van der Waals surface area (Å²) in [5.74, 6) is 4.95. The van der Waals surface area contributed by atoms with E-state index in [-0.39, 0.29) is 5.75 Å². The monoisotopic (exact) mass is 397 g/mol. The number of thioether (sulfide) groups is 1. The maximum absolute atomic E-state index is 12.4. The first-order valence-electron chi connectivity index (χ1n) is 8.75. The highest BCUT2D eigenvalue weighted by atomic mass is 32.2. The van der Waals surface area contributed by atoms with Crippen LogP contribution in [0.15, 0.2) is 54.6 Å². The van der Waals surface area contributed by atoms with E-state index in [9.17, 15) is 19.8 Å². The molecule has 1 atom stereocenters. The molecule has 0 aromatic heterocycles. The second-order valence-electron chi connectivity index (χ2n) is 6.75. The van der Waals surface area contributed by atoms with Gasteiger partial charge < -0.3 is 15.5 Å². The van der Waals surface area contributed by atoms with Crippen molar-refractivity contribution >= 4 is 23.6 Å². The van der Waals surface area contributed by atoms with Gasteiger partial charge in [-0.1, -0.05) is 42.2 Å². The van der Waals surface area contributed by atoms with Gasteiger partial charge >= 0.3 is 5.97 Å². The second kappa shape index (κ2) is 9.98. The highest BCUT2D eigenvalue weighted by molar-refractivity contribution is 7.98. The molecule has 28 heavy (non-hydrogen) atoms. The summed E-state index contributed by atoms with van der Waals surface area (Å²) in [7, 11) is 0. The first kappa shape index (κ1) is 21.5. The first-order chi connectivity index (χ1) is 13.2. The Morgan fingerprint density at radius 2 is 1.75 bits per heavy atom. The third-order valence-corrected chi connectivity index (χ3v) is 4.77. The molecule has 0 saturated heterocycles. The molecule has 0 aliphatic rings. The molecule has 2 aromatic rings. The molecule has 3 N–H and O–H groups in total. The molecule has 0 heterocycles. The second-order valence-corrected chi connectivity index (χ2v) is 7.78. The van der Waals surface area contributed by atoms with E-state index in [0.717, 1.165) is 5.56 Å². The van der Waals surface area contributed by atoms with Gasteiger partial charge in [-0.3, -0.25) is 4.79 Å². The number of carbonyl (C=O) groups is 2. The minimum atomic E-state index is -1.10. The minimum absolute atomic E-state index is 0.269. The van der Waals surface area contributed by atoms with E-state index in [0.29, 0.717) is 16.9 Å². The minimum Gasteiger partial charge on any atom is -0.480 e. The molecule has 1 unspecified atom stereocenters. The largest absolute Gasteiger partial charge is 0.480 e. The lowest BCUT2D eigenvalue weighted by molar-refractivity contribution is -0.138. The van der Waals surface area contributed by atoms with E-state index in [1.807, 2.05) is 30.3 Å². The van der Waals surface area contributed by atoms with Gasteiger partial charge in [0.05, 0.1) is 0 Å². The van der Waals surface area contributed by atoms with E-state index in [1.165, 1.54) is 11.8 Å². The number of aliphatic hydroxyl groups is 1. The zero-order valence-corrected chi connectivity index (χ0v) is 16.6. The van der Waals surface area contributed by atoms with Crippen LogP contribution in [-0.2, 0) is 10.5 Å². The summed E-state index contributed by atoms with van der Waals surface area (Å²) >= 11 is 1.45. The van der Waals surface area contributed by atoms with E-state index in [2.05, 4.69) is 17.2 Å². The quantitative estimate of drug-likeness (QED) is 0.626. The highest BCUT2D eigenvalue weighted by Gasteiger charge is 2.20. The van der Waals surface area contributed by atoms with Gasteiger partial charge in [0.25, 0.3) is 5.91 Å². The third kappa shape index (κ3) is 7.47. The summed E-state index contributed by atoms with van der Waals surface area (Å²) in [6.45, 7) is 3.17. The van der Waals surface area contributed by atoms with E-state index in [4.69, 9.17) is 0 Å². The van der Waals surface area contributed by atoms with Crippen LogP contribution in [0.1, 0.15) is 35.3 Å². The normalized spacial score (nSPS) is 11.8. The van der Waals surface area contributed by atoms with Crippen LogP contribution < -0.4 is 5.32 Å². The summed E-state index contributed by atoms with van der Waals surface area (Å²) in [4.78, 5) is 23.8. The fourth-order valence-electron chi connectivity index (χ4n) is 2.22. The van der Waals surface area contributed by atoms with Gasteiger partial charge in [-0.05, 0) is 43.7 Å². The van der Waals surface area contributed by atoms with Gasteiger partial charge in [0.2, 0.25) is 0 Å². The van der Waals surface area contributed by atoms with Crippen molar-refractivity contribution in [1.82, 2.24) is 5.32 Å². The average Bonchev–Trinajstić information content (AvgIpc) is 2.66. The Balaban J connectivity index is 1.94. The van der Waals surface area contributed by atoms with Crippen molar-refractivity contribution in [2.45, 2.75) is 31.2 Å². The molecule has 5 nitrogen and oxygen atoms in total. The van der Waals surface area contributed by atoms with Gasteiger partial charge in [-0.2, -0.15) is 11.8 Å². The van der Waals surface area contributed by atoms with E-state index >= 15 is 0 Å². The Hall–Kier alpha value is -2.75. The number of carbonyl (C=O) groups excluding carboxylic acids is 1. The van der Waals surface area contributed by atoms with Crippen LogP contribution in [0, 0.1) is 11.8 Å². The van der Waals surface area contributed by atoms with Crippen LogP contribution in [0.25, 0.3) is 0 Å². The van der Waals surface area contributed by atoms with Gasteiger partial charge in [0.15, 0.2) is 0 Å². The van der Waals surface area contributed by atoms with Crippen molar-refractivity contribution in [3.63, 3.8) is 0 Å². The maximum atomic E-state index is 12.4. The summed E-state index contributed by atoms with van der Waals surface area (Å²) in [6.07, 6.45) is 0. The maximum Gasteiger partial charge on any atom is 0.327 e. The van der Waals surface area contributed by atoms with Crippen molar-refractivity contribution in [3.8, 4) is 11.8 Å². The number of carboxylic acids is 1. The van der Waals surface area contributed by atoms with Crippen molar-refractivity contribution < 1.29 is 19.8 Å². The lowest BCUT2D eigenvalue weighted by atomic mass is 10.1. The van der Waals surface area contributed by atoms with Crippen LogP contribution in [0.3, 0.4) is 0 Å². The van der Waals surface area contributed by atoms with Crippen LogP contribution in [0.2, 0.25) is 0 Å². The molecule has 0 fully saturated rings. The Morgan fingerprint density at radius 1 is 1.11 bits per heavy atom. The SMILES string of the molecule is CC(C)(O)C#Cc1ccc(C(=O)NC(CSCc2ccccc2)C(=O)O)cc1. The first-order valence-corrected chi connectivity index (χ1v) is 9.91. The van der Waals surface area contributed by atoms with Crippen LogP contribution in [-0.4, -0.2) is 39.5 Å². The fraction of sp³-hybridized carbons (Fsp3) is 0.273. The van der Waals surface area contributed by atoms with E-state index in [1.54, 1.807) is 38.1 Å². The average molecular weight is 397 g/mol. The molecule has 0 spiro atoms. The smallest absolute Gasteiger partial charge is 0.327 e. The number of carboxylic acid groups (broad SMARTS) is 1. The van der Waals surface area contributed by atoms with Crippen molar-refractivity contribution in [2.24, 2.45) is 0 Å². The lowest BCUT2D eigenvalue weighted by Gasteiger charge is -2.14. The molecule has 0 aliphatic carbocycles. The molecule has 6 heteroatoms. The molecule has 146 valence electrons. The van der Waals surface area contributed by atoms with Gasteiger partial charge in [0.1, 0.15) is 11.6 Å². The number of hydrogen-bond donors (Lipinski definition) is 3. The number of rotatable bonds is 7. The zero-order chi connectivity index (χ0) is 20.6. The molecule has 2 aromatic carbocycles. The zero-order valence-electron chi connectivity index (χ0n) is 15.8. The molecular formula is C22H23NO4S. The third-order valence-electron chi connectivity index (χ3n) is 3.66.